The van der Waals surface area contributed by atoms with E-state index >= 15 is 0 Å². The highest BCUT2D eigenvalue weighted by Gasteiger charge is 2.35. The molecule has 1 unspecified atom stereocenters. The standard InChI is InChI=1S/C10H16O2/c1-7(11)8-4-5-10(2,3)6-9(8)12/h8H,4-6H2,1-3H3. The van der Waals surface area contributed by atoms with E-state index in [0.717, 1.165) is 12.8 Å². The van der Waals surface area contributed by atoms with E-state index in [0.29, 0.717) is 6.42 Å². The molecule has 1 aliphatic rings. The van der Waals surface area contributed by atoms with Gasteiger partial charge in [-0.25, -0.2) is 0 Å². The minimum Gasteiger partial charge on any atom is -0.299 e. The first-order chi connectivity index (χ1) is 5.42. The fourth-order valence-corrected chi connectivity index (χ4v) is 1.81. The molecule has 12 heavy (non-hydrogen) atoms. The monoisotopic (exact) mass is 168 g/mol. The van der Waals surface area contributed by atoms with Crippen LogP contribution in [0.5, 0.6) is 0 Å². The summed E-state index contributed by atoms with van der Waals surface area (Å²) in [5.74, 6) is -0.118. The predicted octanol–water partition coefficient (Wildman–Crippen LogP) is 1.97. The van der Waals surface area contributed by atoms with Gasteiger partial charge in [0.1, 0.15) is 11.6 Å². The number of rotatable bonds is 1. The Balaban J connectivity index is 2.66. The lowest BCUT2D eigenvalue weighted by Gasteiger charge is -2.31. The van der Waals surface area contributed by atoms with Crippen molar-refractivity contribution in [3.63, 3.8) is 0 Å². The van der Waals surface area contributed by atoms with Crippen LogP contribution in [0.25, 0.3) is 0 Å². The maximum absolute atomic E-state index is 11.4. The molecule has 0 N–H and O–H groups in total. The fourth-order valence-electron chi connectivity index (χ4n) is 1.81. The summed E-state index contributed by atoms with van der Waals surface area (Å²) in [4.78, 5) is 22.4. The van der Waals surface area contributed by atoms with Crippen LogP contribution in [-0.2, 0) is 9.59 Å². The van der Waals surface area contributed by atoms with Crippen LogP contribution >= 0.6 is 0 Å². The van der Waals surface area contributed by atoms with Crippen molar-refractivity contribution in [2.24, 2.45) is 11.3 Å². The Bertz CT molecular complexity index is 216. The molecule has 68 valence electrons. The van der Waals surface area contributed by atoms with Gasteiger partial charge >= 0.3 is 0 Å². The van der Waals surface area contributed by atoms with Gasteiger partial charge in [-0.2, -0.15) is 0 Å². The fraction of sp³-hybridized carbons (Fsp3) is 0.800. The normalized spacial score (nSPS) is 28.6. The molecule has 0 spiro atoms. The molecule has 0 aliphatic heterocycles. The lowest BCUT2D eigenvalue weighted by Crippen LogP contribution is -2.33. The Morgan fingerprint density at radius 3 is 2.50 bits per heavy atom. The van der Waals surface area contributed by atoms with Gasteiger partial charge in [0.25, 0.3) is 0 Å². The van der Waals surface area contributed by atoms with Crippen LogP contribution in [0.2, 0.25) is 0 Å². The molecule has 0 amide bonds. The van der Waals surface area contributed by atoms with E-state index in [2.05, 4.69) is 13.8 Å². The molecule has 1 atom stereocenters. The van der Waals surface area contributed by atoms with Gasteiger partial charge in [-0.1, -0.05) is 13.8 Å². The summed E-state index contributed by atoms with van der Waals surface area (Å²) in [5.41, 5.74) is 0.114. The third-order valence-corrected chi connectivity index (χ3v) is 2.64. The highest BCUT2D eigenvalue weighted by atomic mass is 16.1. The minimum absolute atomic E-state index is 0.0375. The second-order valence-electron chi connectivity index (χ2n) is 4.51. The van der Waals surface area contributed by atoms with Crippen molar-refractivity contribution in [2.75, 3.05) is 0 Å². The summed E-state index contributed by atoms with van der Waals surface area (Å²) >= 11 is 0. The van der Waals surface area contributed by atoms with Crippen LogP contribution in [0, 0.1) is 11.3 Å². The maximum atomic E-state index is 11.4. The highest BCUT2D eigenvalue weighted by Crippen LogP contribution is 2.35. The lowest BCUT2D eigenvalue weighted by atomic mass is 9.71. The molecule has 0 heterocycles. The molecule has 1 aliphatic carbocycles. The summed E-state index contributed by atoms with van der Waals surface area (Å²) in [6, 6.07) is 0. The van der Waals surface area contributed by atoms with Gasteiger partial charge in [-0.3, -0.25) is 9.59 Å². The van der Waals surface area contributed by atoms with Crippen molar-refractivity contribution in [3.05, 3.63) is 0 Å². The van der Waals surface area contributed by atoms with Gasteiger partial charge in [0.2, 0.25) is 0 Å². The van der Waals surface area contributed by atoms with Crippen molar-refractivity contribution in [3.8, 4) is 0 Å². The van der Waals surface area contributed by atoms with Gasteiger partial charge in [-0.15, -0.1) is 0 Å². The number of hydrogen-bond donors (Lipinski definition) is 0. The van der Waals surface area contributed by atoms with Crippen molar-refractivity contribution in [1.82, 2.24) is 0 Å². The van der Waals surface area contributed by atoms with Crippen LogP contribution in [-0.4, -0.2) is 11.6 Å². The topological polar surface area (TPSA) is 34.1 Å². The van der Waals surface area contributed by atoms with Crippen molar-refractivity contribution >= 4 is 11.6 Å². The SMILES string of the molecule is CC(=O)C1CCC(C)(C)CC1=O. The number of carbonyl (C=O) groups excluding carboxylic acids is 2. The first-order valence-electron chi connectivity index (χ1n) is 4.45. The smallest absolute Gasteiger partial charge is 0.143 e. The highest BCUT2D eigenvalue weighted by molar-refractivity contribution is 6.01. The van der Waals surface area contributed by atoms with Crippen molar-refractivity contribution in [2.45, 2.75) is 40.0 Å². The Kier molecular flexibility index (Phi) is 2.36. The number of hydrogen-bond acceptors (Lipinski definition) is 2. The molecule has 0 aromatic carbocycles. The van der Waals surface area contributed by atoms with Crippen LogP contribution in [0.1, 0.15) is 40.0 Å². The Hall–Kier alpha value is -0.660. The molecule has 0 saturated heterocycles. The van der Waals surface area contributed by atoms with Crippen LogP contribution in [0.15, 0.2) is 0 Å². The molecular formula is C10H16O2. The predicted molar refractivity (Wildman–Crippen MR) is 46.8 cm³/mol. The molecule has 2 nitrogen and oxygen atoms in total. The van der Waals surface area contributed by atoms with E-state index in [9.17, 15) is 9.59 Å². The van der Waals surface area contributed by atoms with Crippen LogP contribution in [0.4, 0.5) is 0 Å². The van der Waals surface area contributed by atoms with Crippen LogP contribution in [0.3, 0.4) is 0 Å². The molecule has 0 aromatic rings. The number of carbonyl (C=O) groups is 2. The molecule has 1 rings (SSSR count). The zero-order valence-electron chi connectivity index (χ0n) is 8.02. The first kappa shape index (κ1) is 9.43. The molecule has 2 heteroatoms. The third-order valence-electron chi connectivity index (χ3n) is 2.64. The van der Waals surface area contributed by atoms with Gasteiger partial charge in [0.05, 0.1) is 5.92 Å². The summed E-state index contributed by atoms with van der Waals surface area (Å²) in [6.07, 6.45) is 2.31. The zero-order valence-corrected chi connectivity index (χ0v) is 8.02. The largest absolute Gasteiger partial charge is 0.299 e. The third kappa shape index (κ3) is 1.93. The van der Waals surface area contributed by atoms with Crippen molar-refractivity contribution in [1.29, 1.82) is 0 Å². The van der Waals surface area contributed by atoms with E-state index in [4.69, 9.17) is 0 Å². The van der Waals surface area contributed by atoms with Gasteiger partial charge in [-0.05, 0) is 25.2 Å². The van der Waals surface area contributed by atoms with E-state index in [1.54, 1.807) is 0 Å². The minimum atomic E-state index is -0.293. The number of ketones is 2. The average Bonchev–Trinajstić information content (AvgIpc) is 1.83. The van der Waals surface area contributed by atoms with Crippen molar-refractivity contribution < 1.29 is 9.59 Å². The first-order valence-corrected chi connectivity index (χ1v) is 4.45. The molecule has 0 radical (unpaired) electrons. The van der Waals surface area contributed by atoms with Gasteiger partial charge in [0.15, 0.2) is 0 Å². The summed E-state index contributed by atoms with van der Waals surface area (Å²) in [5, 5.41) is 0. The summed E-state index contributed by atoms with van der Waals surface area (Å²) in [7, 11) is 0. The molecule has 0 aromatic heterocycles. The molecular weight excluding hydrogens is 152 g/mol. The van der Waals surface area contributed by atoms with E-state index < -0.39 is 0 Å². The second-order valence-corrected chi connectivity index (χ2v) is 4.51. The maximum Gasteiger partial charge on any atom is 0.143 e. The number of Topliss-reactive ketones (excluding diaryl/α,β-unsaturated/α-hetero) is 2. The Labute approximate surface area is 73.3 Å². The lowest BCUT2D eigenvalue weighted by molar-refractivity contribution is -0.135. The van der Waals surface area contributed by atoms with E-state index in [1.807, 2.05) is 0 Å². The summed E-state index contributed by atoms with van der Waals surface area (Å²) in [6.45, 7) is 5.68. The molecule has 1 saturated carbocycles. The zero-order chi connectivity index (χ0) is 9.35. The van der Waals surface area contributed by atoms with Gasteiger partial charge < -0.3 is 0 Å². The second kappa shape index (κ2) is 3.00. The van der Waals surface area contributed by atoms with Gasteiger partial charge in [0, 0.05) is 6.42 Å². The average molecular weight is 168 g/mol. The van der Waals surface area contributed by atoms with E-state index in [-0.39, 0.29) is 22.9 Å². The Morgan fingerprint density at radius 2 is 2.08 bits per heavy atom. The molecule has 0 bridgehead atoms. The van der Waals surface area contributed by atoms with Crippen LogP contribution < -0.4 is 0 Å². The quantitative estimate of drug-likeness (QED) is 0.561. The molecule has 1 fully saturated rings. The van der Waals surface area contributed by atoms with E-state index in [1.165, 1.54) is 6.92 Å². The summed E-state index contributed by atoms with van der Waals surface area (Å²) < 4.78 is 0. The Morgan fingerprint density at radius 1 is 1.50 bits per heavy atom.